The molecule has 26 heavy (non-hydrogen) atoms. The van der Waals surface area contributed by atoms with Gasteiger partial charge in [0.1, 0.15) is 11.3 Å². The van der Waals surface area contributed by atoms with Crippen LogP contribution < -0.4 is 4.74 Å². The molecule has 2 rings (SSSR count). The summed E-state index contributed by atoms with van der Waals surface area (Å²) < 4.78 is 4.69. The number of benzene rings is 2. The van der Waals surface area contributed by atoms with Crippen molar-refractivity contribution < 1.29 is 19.4 Å². The molecule has 0 radical (unpaired) electrons. The average Bonchev–Trinajstić information content (AvgIpc) is 2.61. The zero-order chi connectivity index (χ0) is 19.7. The van der Waals surface area contributed by atoms with Gasteiger partial charge in [0.2, 0.25) is 0 Å². The summed E-state index contributed by atoms with van der Waals surface area (Å²) in [5.74, 6) is -0.922. The summed E-state index contributed by atoms with van der Waals surface area (Å²) in [5, 5.41) is 8.69. The van der Waals surface area contributed by atoms with Crippen LogP contribution in [0.2, 0.25) is 0 Å². The van der Waals surface area contributed by atoms with E-state index in [-0.39, 0.29) is 11.3 Å². The Hall–Kier alpha value is -2.62. The number of carboxylic acids is 1. The van der Waals surface area contributed by atoms with E-state index in [0.717, 1.165) is 12.8 Å². The highest BCUT2D eigenvalue weighted by molar-refractivity contribution is 5.91. The Bertz CT molecular complexity index is 748. The topological polar surface area (TPSA) is 63.6 Å². The smallest absolute Gasteiger partial charge is 0.339 e. The molecule has 4 nitrogen and oxygen atoms in total. The maximum atomic E-state index is 10.6. The number of carboxylic acid groups (broad SMARTS) is 1. The van der Waals surface area contributed by atoms with Gasteiger partial charge >= 0.3 is 11.9 Å². The van der Waals surface area contributed by atoms with Crippen molar-refractivity contribution in [2.45, 2.75) is 53.4 Å². The van der Waals surface area contributed by atoms with Crippen LogP contribution in [0, 0.1) is 0 Å². The van der Waals surface area contributed by atoms with Gasteiger partial charge in [-0.3, -0.25) is 4.79 Å². The highest BCUT2D eigenvalue weighted by Gasteiger charge is 2.11. The van der Waals surface area contributed by atoms with Gasteiger partial charge in [0.25, 0.3) is 0 Å². The first kappa shape index (κ1) is 21.4. The van der Waals surface area contributed by atoms with Crippen LogP contribution in [0.3, 0.4) is 0 Å². The van der Waals surface area contributed by atoms with Crippen molar-refractivity contribution in [2.24, 2.45) is 0 Å². The summed E-state index contributed by atoms with van der Waals surface area (Å²) in [6, 6.07) is 12.9. The van der Waals surface area contributed by atoms with E-state index in [1.807, 2.05) is 0 Å². The number of hydrogen-bond acceptors (Lipinski definition) is 3. The van der Waals surface area contributed by atoms with Crippen molar-refractivity contribution in [3.63, 3.8) is 0 Å². The number of carbonyl (C=O) groups is 2. The van der Waals surface area contributed by atoms with Crippen LogP contribution in [-0.2, 0) is 17.6 Å². The van der Waals surface area contributed by atoms with Gasteiger partial charge in [0, 0.05) is 6.92 Å². The maximum Gasteiger partial charge on any atom is 0.339 e. The first-order chi connectivity index (χ1) is 12.3. The highest BCUT2D eigenvalue weighted by Crippen LogP contribution is 2.21. The fourth-order valence-electron chi connectivity index (χ4n) is 2.64. The van der Waals surface area contributed by atoms with Crippen LogP contribution in [0.4, 0.5) is 0 Å². The number of aryl methyl sites for hydroxylation is 2. The van der Waals surface area contributed by atoms with Gasteiger partial charge in [0.15, 0.2) is 0 Å². The molecule has 0 aromatic heterocycles. The van der Waals surface area contributed by atoms with E-state index in [1.165, 1.54) is 35.7 Å². The predicted octanol–water partition coefficient (Wildman–Crippen LogP) is 5.24. The molecule has 0 heterocycles. The minimum Gasteiger partial charge on any atom is -0.478 e. The molecule has 0 spiro atoms. The van der Waals surface area contributed by atoms with E-state index in [4.69, 9.17) is 5.11 Å². The fourth-order valence-corrected chi connectivity index (χ4v) is 2.64. The number of rotatable bonds is 5. The molecule has 0 saturated carbocycles. The van der Waals surface area contributed by atoms with Gasteiger partial charge in [-0.2, -0.15) is 0 Å². The summed E-state index contributed by atoms with van der Waals surface area (Å²) in [6.45, 7) is 10.2. The van der Waals surface area contributed by atoms with E-state index in [9.17, 15) is 9.59 Å². The lowest BCUT2D eigenvalue weighted by Crippen LogP contribution is -2.06. The summed E-state index contributed by atoms with van der Waals surface area (Å²) >= 11 is 0. The van der Waals surface area contributed by atoms with E-state index < -0.39 is 11.9 Å². The zero-order valence-corrected chi connectivity index (χ0v) is 16.2. The molecular formula is C22H28O4. The van der Waals surface area contributed by atoms with Crippen LogP contribution in [0.5, 0.6) is 5.75 Å². The number of carbonyl (C=O) groups excluding carboxylic acids is 1. The first-order valence-electron chi connectivity index (χ1n) is 8.92. The largest absolute Gasteiger partial charge is 0.478 e. The van der Waals surface area contributed by atoms with E-state index >= 15 is 0 Å². The Labute approximate surface area is 155 Å². The SMILES string of the molecule is CC(=O)Oc1ccccc1C(=O)O.CCc1ccc(C(C)C)c(CC)c1. The second-order valence-corrected chi connectivity index (χ2v) is 6.29. The Kier molecular flexibility index (Phi) is 8.56. The van der Waals surface area contributed by atoms with Gasteiger partial charge in [-0.15, -0.1) is 0 Å². The lowest BCUT2D eigenvalue weighted by Gasteiger charge is -2.12. The van der Waals surface area contributed by atoms with Gasteiger partial charge in [-0.05, 0) is 47.6 Å². The van der Waals surface area contributed by atoms with Gasteiger partial charge in [0.05, 0.1) is 0 Å². The Morgan fingerprint density at radius 1 is 1.04 bits per heavy atom. The molecule has 0 aliphatic heterocycles. The number of hydrogen-bond donors (Lipinski definition) is 1. The van der Waals surface area contributed by atoms with E-state index in [0.29, 0.717) is 5.92 Å². The van der Waals surface area contributed by atoms with Crippen LogP contribution in [0.15, 0.2) is 42.5 Å². The quantitative estimate of drug-likeness (QED) is 0.587. The molecule has 1 N–H and O–H groups in total. The molecule has 0 aliphatic carbocycles. The summed E-state index contributed by atoms with van der Waals surface area (Å²) in [6.07, 6.45) is 2.30. The van der Waals surface area contributed by atoms with Crippen LogP contribution in [0.25, 0.3) is 0 Å². The summed E-state index contributed by atoms with van der Waals surface area (Å²) in [4.78, 5) is 21.2. The Morgan fingerprint density at radius 3 is 2.19 bits per heavy atom. The lowest BCUT2D eigenvalue weighted by atomic mass is 9.93. The van der Waals surface area contributed by atoms with Crippen molar-refractivity contribution in [2.75, 3.05) is 0 Å². The van der Waals surface area contributed by atoms with Gasteiger partial charge in [-0.1, -0.05) is 58.0 Å². The number of aromatic carboxylic acids is 1. The molecule has 0 atom stereocenters. The Morgan fingerprint density at radius 2 is 1.69 bits per heavy atom. The van der Waals surface area contributed by atoms with Crippen LogP contribution in [0.1, 0.15) is 67.6 Å². The van der Waals surface area contributed by atoms with Gasteiger partial charge < -0.3 is 9.84 Å². The summed E-state index contributed by atoms with van der Waals surface area (Å²) in [7, 11) is 0. The molecule has 0 saturated heterocycles. The lowest BCUT2D eigenvalue weighted by molar-refractivity contribution is -0.131. The van der Waals surface area contributed by atoms with Crippen molar-refractivity contribution in [1.82, 2.24) is 0 Å². The minimum atomic E-state index is -1.11. The van der Waals surface area contributed by atoms with Crippen LogP contribution >= 0.6 is 0 Å². The first-order valence-corrected chi connectivity index (χ1v) is 8.92. The van der Waals surface area contributed by atoms with Crippen LogP contribution in [-0.4, -0.2) is 17.0 Å². The molecule has 140 valence electrons. The van der Waals surface area contributed by atoms with E-state index in [2.05, 4.69) is 50.6 Å². The molecule has 2 aromatic rings. The predicted molar refractivity (Wildman–Crippen MR) is 104 cm³/mol. The molecule has 0 amide bonds. The average molecular weight is 356 g/mol. The molecule has 0 aliphatic rings. The minimum absolute atomic E-state index is 0.0160. The Balaban J connectivity index is 0.000000260. The van der Waals surface area contributed by atoms with Gasteiger partial charge in [-0.25, -0.2) is 4.79 Å². The molecule has 2 aromatic carbocycles. The number of ether oxygens (including phenoxy) is 1. The number of esters is 1. The zero-order valence-electron chi connectivity index (χ0n) is 16.2. The third-order valence-corrected chi connectivity index (χ3v) is 3.99. The molecule has 4 heteroatoms. The molecule has 0 bridgehead atoms. The standard InChI is InChI=1S/C13H20.C9H8O4/c1-5-11-7-8-13(10(3)4)12(6-2)9-11;1-6(10)13-8-5-3-2-4-7(8)9(11)12/h7-10H,5-6H2,1-4H3;2-5H,1H3,(H,11,12). The normalized spacial score (nSPS) is 10.1. The molecular weight excluding hydrogens is 328 g/mol. The fraction of sp³-hybridized carbons (Fsp3) is 0.364. The third-order valence-electron chi connectivity index (χ3n) is 3.99. The monoisotopic (exact) mass is 356 g/mol. The van der Waals surface area contributed by atoms with Crippen molar-refractivity contribution in [3.05, 3.63) is 64.7 Å². The van der Waals surface area contributed by atoms with Crippen molar-refractivity contribution >= 4 is 11.9 Å². The number of para-hydroxylation sites is 1. The molecule has 0 fully saturated rings. The second-order valence-electron chi connectivity index (χ2n) is 6.29. The molecule has 0 unspecified atom stereocenters. The second kappa shape index (κ2) is 10.4. The van der Waals surface area contributed by atoms with Crippen molar-refractivity contribution in [3.8, 4) is 5.75 Å². The third kappa shape index (κ3) is 6.36. The maximum absolute atomic E-state index is 10.6. The van der Waals surface area contributed by atoms with Crippen molar-refractivity contribution in [1.29, 1.82) is 0 Å². The highest BCUT2D eigenvalue weighted by atomic mass is 16.5. The van der Waals surface area contributed by atoms with E-state index in [1.54, 1.807) is 12.1 Å². The summed E-state index contributed by atoms with van der Waals surface area (Å²) in [5.41, 5.74) is 4.48.